The molecule has 0 aromatic heterocycles. The van der Waals surface area contributed by atoms with Crippen molar-refractivity contribution in [3.05, 3.63) is 35.9 Å². The van der Waals surface area contributed by atoms with E-state index >= 15 is 0 Å². The van der Waals surface area contributed by atoms with E-state index in [2.05, 4.69) is 5.32 Å². The van der Waals surface area contributed by atoms with Crippen LogP contribution in [0.2, 0.25) is 0 Å². The third kappa shape index (κ3) is 10.8. The monoisotopic (exact) mass is 332 g/mol. The van der Waals surface area contributed by atoms with Gasteiger partial charge in [-0.05, 0) is 12.5 Å². The van der Waals surface area contributed by atoms with Crippen LogP contribution < -0.4 is 11.1 Å². The van der Waals surface area contributed by atoms with E-state index in [1.807, 2.05) is 18.2 Å². The van der Waals surface area contributed by atoms with E-state index in [9.17, 15) is 23.1 Å². The average molecular weight is 332 g/mol. The molecule has 2 atom stereocenters. The van der Waals surface area contributed by atoms with Gasteiger partial charge < -0.3 is 16.2 Å². The van der Waals surface area contributed by atoms with Crippen LogP contribution in [-0.2, 0) is 26.1 Å². The van der Waals surface area contributed by atoms with Crippen LogP contribution in [0.15, 0.2) is 30.3 Å². The van der Waals surface area contributed by atoms with Gasteiger partial charge >= 0.3 is 0 Å². The molecule has 9 heteroatoms. The quantitative estimate of drug-likeness (QED) is 0.513. The van der Waals surface area contributed by atoms with Gasteiger partial charge in [-0.1, -0.05) is 30.3 Å². The molecule has 1 unspecified atom stereocenters. The van der Waals surface area contributed by atoms with Crippen molar-refractivity contribution in [2.75, 3.05) is 6.26 Å². The highest BCUT2D eigenvalue weighted by molar-refractivity contribution is 7.85. The first-order valence-corrected chi connectivity index (χ1v) is 8.08. The Balaban J connectivity index is 0.000000763. The number of aliphatic hydroxyl groups is 1. The Hall–Kier alpha value is -1.97. The third-order valence-electron chi connectivity index (χ3n) is 2.31. The fourth-order valence-electron chi connectivity index (χ4n) is 1.44. The van der Waals surface area contributed by atoms with Crippen molar-refractivity contribution in [2.45, 2.75) is 25.5 Å². The van der Waals surface area contributed by atoms with Crippen molar-refractivity contribution >= 4 is 21.9 Å². The van der Waals surface area contributed by atoms with Crippen molar-refractivity contribution in [1.82, 2.24) is 5.32 Å². The van der Waals surface area contributed by atoms with Gasteiger partial charge in [0.1, 0.15) is 6.04 Å². The van der Waals surface area contributed by atoms with E-state index in [0.717, 1.165) is 5.56 Å². The summed E-state index contributed by atoms with van der Waals surface area (Å²) in [6.07, 6.45) is -0.142. The third-order valence-corrected chi connectivity index (χ3v) is 2.31. The minimum atomic E-state index is -3.67. The SMILES string of the molecule is CC(O)[C@H](NC(=O)Cc1ccccc1)C(N)=O.CS(=O)(=O)O. The zero-order valence-electron chi connectivity index (χ0n) is 12.3. The summed E-state index contributed by atoms with van der Waals surface area (Å²) < 4.78 is 25.9. The number of hydrogen-bond acceptors (Lipinski definition) is 5. The molecule has 1 rings (SSSR count). The number of hydrogen-bond donors (Lipinski definition) is 4. The van der Waals surface area contributed by atoms with Crippen LogP contribution in [0, 0.1) is 0 Å². The summed E-state index contributed by atoms with van der Waals surface area (Å²) in [6, 6.07) is 8.06. The molecule has 0 saturated heterocycles. The van der Waals surface area contributed by atoms with Crippen molar-refractivity contribution in [3.8, 4) is 0 Å². The molecule has 1 aromatic carbocycles. The number of carbonyl (C=O) groups excluding carboxylic acids is 2. The molecule has 8 nitrogen and oxygen atoms in total. The second kappa shape index (κ2) is 9.13. The highest BCUT2D eigenvalue weighted by Crippen LogP contribution is 2.00. The minimum absolute atomic E-state index is 0.150. The molecule has 1 aromatic rings. The van der Waals surface area contributed by atoms with Crippen molar-refractivity contribution in [3.63, 3.8) is 0 Å². The molecule has 22 heavy (non-hydrogen) atoms. The Kier molecular flexibility index (Phi) is 8.31. The van der Waals surface area contributed by atoms with Crippen LogP contribution in [0.1, 0.15) is 12.5 Å². The normalized spacial score (nSPS) is 13.3. The van der Waals surface area contributed by atoms with Gasteiger partial charge in [0, 0.05) is 0 Å². The Bertz CT molecular complexity index is 578. The number of aliphatic hydroxyl groups excluding tert-OH is 1. The molecular weight excluding hydrogens is 312 g/mol. The maximum absolute atomic E-state index is 11.6. The molecule has 0 heterocycles. The minimum Gasteiger partial charge on any atom is -0.391 e. The zero-order valence-corrected chi connectivity index (χ0v) is 13.1. The predicted octanol–water partition coefficient (Wildman–Crippen LogP) is -0.916. The average Bonchev–Trinajstić information content (AvgIpc) is 2.34. The van der Waals surface area contributed by atoms with Gasteiger partial charge in [0.2, 0.25) is 11.8 Å². The number of rotatable bonds is 5. The van der Waals surface area contributed by atoms with Gasteiger partial charge in [0.15, 0.2) is 0 Å². The topological polar surface area (TPSA) is 147 Å². The van der Waals surface area contributed by atoms with Crippen LogP contribution in [0.5, 0.6) is 0 Å². The molecular formula is C13H20N2O6S. The first-order chi connectivity index (χ1) is 10.0. The van der Waals surface area contributed by atoms with E-state index in [1.54, 1.807) is 12.1 Å². The van der Waals surface area contributed by atoms with Gasteiger partial charge in [-0.3, -0.25) is 14.1 Å². The fraction of sp³-hybridized carbons (Fsp3) is 0.385. The van der Waals surface area contributed by atoms with Gasteiger partial charge in [-0.25, -0.2) is 0 Å². The first-order valence-electron chi connectivity index (χ1n) is 6.24. The zero-order chi connectivity index (χ0) is 17.3. The van der Waals surface area contributed by atoms with Crippen LogP contribution in [0.25, 0.3) is 0 Å². The Morgan fingerprint density at radius 3 is 2.09 bits per heavy atom. The molecule has 0 radical (unpaired) electrons. The number of amides is 2. The van der Waals surface area contributed by atoms with E-state index < -0.39 is 28.2 Å². The second-order valence-corrected chi connectivity index (χ2v) is 6.05. The summed E-state index contributed by atoms with van der Waals surface area (Å²) in [6.45, 7) is 1.40. The van der Waals surface area contributed by atoms with Gasteiger partial charge in [0.05, 0.1) is 18.8 Å². The highest BCUT2D eigenvalue weighted by atomic mass is 32.2. The smallest absolute Gasteiger partial charge is 0.261 e. The fourth-order valence-corrected chi connectivity index (χ4v) is 1.44. The number of benzene rings is 1. The molecule has 0 aliphatic rings. The van der Waals surface area contributed by atoms with E-state index in [4.69, 9.17) is 10.3 Å². The number of carbonyl (C=O) groups is 2. The van der Waals surface area contributed by atoms with Gasteiger partial charge in [0.25, 0.3) is 10.1 Å². The van der Waals surface area contributed by atoms with Crippen molar-refractivity contribution in [2.24, 2.45) is 5.73 Å². The second-order valence-electron chi connectivity index (χ2n) is 4.58. The molecule has 2 amide bonds. The van der Waals surface area contributed by atoms with E-state index in [1.165, 1.54) is 6.92 Å². The maximum Gasteiger partial charge on any atom is 0.261 e. The Morgan fingerprint density at radius 1 is 1.27 bits per heavy atom. The summed E-state index contributed by atoms with van der Waals surface area (Å²) in [5, 5.41) is 11.7. The molecule has 0 fully saturated rings. The molecule has 0 aliphatic heterocycles. The van der Waals surface area contributed by atoms with Crippen molar-refractivity contribution < 1.29 is 27.7 Å². The number of nitrogens with one attached hydrogen (secondary N) is 1. The number of nitrogens with two attached hydrogens (primary N) is 1. The molecule has 0 saturated carbocycles. The highest BCUT2D eigenvalue weighted by Gasteiger charge is 2.22. The summed E-state index contributed by atoms with van der Waals surface area (Å²) >= 11 is 0. The largest absolute Gasteiger partial charge is 0.391 e. The lowest BCUT2D eigenvalue weighted by Crippen LogP contribution is -2.51. The first kappa shape index (κ1) is 20.0. The molecule has 5 N–H and O–H groups in total. The molecule has 0 aliphatic carbocycles. The van der Waals surface area contributed by atoms with Crippen LogP contribution >= 0.6 is 0 Å². The lowest BCUT2D eigenvalue weighted by Gasteiger charge is -2.17. The summed E-state index contributed by atoms with van der Waals surface area (Å²) in [4.78, 5) is 22.6. The van der Waals surface area contributed by atoms with E-state index in [0.29, 0.717) is 6.26 Å². The van der Waals surface area contributed by atoms with Crippen LogP contribution in [0.3, 0.4) is 0 Å². The lowest BCUT2D eigenvalue weighted by molar-refractivity contribution is -0.129. The maximum atomic E-state index is 11.6. The van der Waals surface area contributed by atoms with Gasteiger partial charge in [-0.15, -0.1) is 0 Å². The lowest BCUT2D eigenvalue weighted by atomic mass is 10.1. The molecule has 124 valence electrons. The van der Waals surface area contributed by atoms with Crippen LogP contribution in [-0.4, -0.2) is 48.3 Å². The summed E-state index contributed by atoms with van der Waals surface area (Å²) in [5.74, 6) is -1.10. The van der Waals surface area contributed by atoms with Crippen molar-refractivity contribution in [1.29, 1.82) is 0 Å². The number of primary amides is 1. The van der Waals surface area contributed by atoms with E-state index in [-0.39, 0.29) is 12.3 Å². The predicted molar refractivity (Wildman–Crippen MR) is 80.4 cm³/mol. The van der Waals surface area contributed by atoms with Crippen LogP contribution in [0.4, 0.5) is 0 Å². The Morgan fingerprint density at radius 2 is 1.73 bits per heavy atom. The summed E-state index contributed by atoms with van der Waals surface area (Å²) in [7, 11) is -3.67. The standard InChI is InChI=1S/C12H16N2O3.CH4O3S/c1-8(15)11(12(13)17)14-10(16)7-9-5-3-2-4-6-9;1-5(2,3)4/h2-6,8,11,15H,7H2,1H3,(H2,13,17)(H,14,16);1H3,(H,2,3,4)/t8?,11-;/m0./s1. The molecule has 0 bridgehead atoms. The Labute approximate surface area is 129 Å². The van der Waals surface area contributed by atoms with Gasteiger partial charge in [-0.2, -0.15) is 8.42 Å². The summed E-state index contributed by atoms with van der Waals surface area (Å²) in [5.41, 5.74) is 5.90. The molecule has 0 spiro atoms.